The smallest absolute Gasteiger partial charge is 0.212 e. The summed E-state index contributed by atoms with van der Waals surface area (Å²) >= 11 is 0. The van der Waals surface area contributed by atoms with E-state index in [2.05, 4.69) is 36.8 Å². The van der Waals surface area contributed by atoms with Crippen molar-refractivity contribution in [1.82, 2.24) is 34.5 Å². The number of aromatic nitrogens is 7. The Hall–Kier alpha value is -4.27. The van der Waals surface area contributed by atoms with Gasteiger partial charge in [-0.05, 0) is 24.6 Å². The predicted molar refractivity (Wildman–Crippen MR) is 122 cm³/mol. The Balaban J connectivity index is 1.63. The molecule has 0 fully saturated rings. The summed E-state index contributed by atoms with van der Waals surface area (Å²) in [6.07, 6.45) is 8.03. The third kappa shape index (κ3) is 3.33. The SMILES string of the molecule is CC[C@@H](c1cn(-c2ccccc2)nn1)n1cc(-c2ccc(OC)nc2)c2c(N)ncnc21. The molecule has 0 spiro atoms. The van der Waals surface area contributed by atoms with E-state index in [0.717, 1.165) is 40.0 Å². The molecule has 0 bridgehead atoms. The fourth-order valence-corrected chi connectivity index (χ4v) is 3.91. The van der Waals surface area contributed by atoms with Gasteiger partial charge in [-0.25, -0.2) is 19.6 Å². The van der Waals surface area contributed by atoms with Crippen LogP contribution < -0.4 is 10.5 Å². The van der Waals surface area contributed by atoms with E-state index in [0.29, 0.717) is 11.7 Å². The zero-order chi connectivity index (χ0) is 22.1. The number of nitrogens with two attached hydrogens (primary N) is 1. The van der Waals surface area contributed by atoms with Crippen LogP contribution in [0.15, 0.2) is 67.4 Å². The minimum Gasteiger partial charge on any atom is -0.481 e. The Morgan fingerprint density at radius 3 is 2.59 bits per heavy atom. The van der Waals surface area contributed by atoms with Gasteiger partial charge < -0.3 is 15.0 Å². The molecule has 1 aromatic carbocycles. The maximum atomic E-state index is 6.28. The van der Waals surface area contributed by atoms with Crippen LogP contribution in [0.5, 0.6) is 5.88 Å². The topological polar surface area (TPSA) is 110 Å². The summed E-state index contributed by atoms with van der Waals surface area (Å²) in [5.74, 6) is 0.966. The number of nitrogens with zero attached hydrogens (tertiary/aromatic N) is 7. The highest BCUT2D eigenvalue weighted by atomic mass is 16.5. The molecule has 0 unspecified atom stereocenters. The number of benzene rings is 1. The molecule has 0 amide bonds. The van der Waals surface area contributed by atoms with Gasteiger partial charge >= 0.3 is 0 Å². The fourth-order valence-electron chi connectivity index (χ4n) is 3.91. The molecule has 9 nitrogen and oxygen atoms in total. The molecule has 1 atom stereocenters. The molecule has 5 rings (SSSR count). The summed E-state index contributed by atoms with van der Waals surface area (Å²) in [7, 11) is 1.59. The van der Waals surface area contributed by atoms with Gasteiger partial charge in [-0.3, -0.25) is 0 Å². The maximum Gasteiger partial charge on any atom is 0.212 e. The van der Waals surface area contributed by atoms with Gasteiger partial charge in [-0.1, -0.05) is 30.3 Å². The van der Waals surface area contributed by atoms with Crippen molar-refractivity contribution in [1.29, 1.82) is 0 Å². The Bertz CT molecular complexity index is 1360. The number of rotatable bonds is 6. The predicted octanol–water partition coefficient (Wildman–Crippen LogP) is 3.66. The van der Waals surface area contributed by atoms with Crippen LogP contribution in [0.1, 0.15) is 25.1 Å². The maximum absolute atomic E-state index is 6.28. The first kappa shape index (κ1) is 19.7. The summed E-state index contributed by atoms with van der Waals surface area (Å²) in [5, 5.41) is 9.58. The lowest BCUT2D eigenvalue weighted by atomic mass is 10.1. The van der Waals surface area contributed by atoms with Crippen molar-refractivity contribution in [2.75, 3.05) is 12.8 Å². The highest BCUT2D eigenvalue weighted by Gasteiger charge is 2.23. The molecule has 0 saturated carbocycles. The molecule has 0 radical (unpaired) electrons. The molecule has 5 aromatic rings. The molecule has 0 saturated heterocycles. The molecule has 0 aliphatic carbocycles. The summed E-state index contributed by atoms with van der Waals surface area (Å²) in [6, 6.07) is 13.6. The number of anilines is 1. The van der Waals surface area contributed by atoms with Crippen LogP contribution >= 0.6 is 0 Å². The number of nitrogen functional groups attached to an aromatic ring is 1. The van der Waals surface area contributed by atoms with E-state index in [1.165, 1.54) is 6.33 Å². The quantitative estimate of drug-likeness (QED) is 0.441. The molecule has 2 N–H and O–H groups in total. The normalized spacial score (nSPS) is 12.2. The van der Waals surface area contributed by atoms with Gasteiger partial charge in [0.15, 0.2) is 0 Å². The summed E-state index contributed by atoms with van der Waals surface area (Å²) < 4.78 is 9.06. The molecule has 0 aliphatic heterocycles. The molecule has 32 heavy (non-hydrogen) atoms. The fraction of sp³-hybridized carbons (Fsp3) is 0.174. The van der Waals surface area contributed by atoms with E-state index in [9.17, 15) is 0 Å². The number of pyridine rings is 1. The van der Waals surface area contributed by atoms with Gasteiger partial charge in [0.1, 0.15) is 23.5 Å². The van der Waals surface area contributed by atoms with E-state index in [-0.39, 0.29) is 6.04 Å². The Labute approximate surface area is 184 Å². The molecule has 9 heteroatoms. The van der Waals surface area contributed by atoms with Gasteiger partial charge in [0.25, 0.3) is 0 Å². The van der Waals surface area contributed by atoms with Gasteiger partial charge in [0.05, 0.1) is 30.4 Å². The van der Waals surface area contributed by atoms with Crippen LogP contribution in [0.25, 0.3) is 27.8 Å². The standard InChI is InChI=1S/C23H22N8O/c1-3-19(18-13-31(29-28-18)16-7-5-4-6-8-16)30-12-17(15-9-10-20(32-2)25-11-15)21-22(24)26-14-27-23(21)30/h4-14,19H,3H2,1-2H3,(H2,24,26,27)/t19-/m0/s1. The summed E-state index contributed by atoms with van der Waals surface area (Å²) in [6.45, 7) is 2.11. The molecule has 160 valence electrons. The van der Waals surface area contributed by atoms with Gasteiger partial charge in [-0.2, -0.15) is 0 Å². The van der Waals surface area contributed by atoms with Crippen LogP contribution in [0, 0.1) is 0 Å². The van der Waals surface area contributed by atoms with Crippen molar-refractivity contribution in [2.24, 2.45) is 0 Å². The lowest BCUT2D eigenvalue weighted by molar-refractivity contribution is 0.398. The molecule has 0 aliphatic rings. The van der Waals surface area contributed by atoms with Crippen molar-refractivity contribution in [3.63, 3.8) is 0 Å². The van der Waals surface area contributed by atoms with Crippen molar-refractivity contribution >= 4 is 16.9 Å². The molecular weight excluding hydrogens is 404 g/mol. The highest BCUT2D eigenvalue weighted by Crippen LogP contribution is 2.36. The first-order valence-electron chi connectivity index (χ1n) is 10.3. The van der Waals surface area contributed by atoms with Crippen molar-refractivity contribution in [3.8, 4) is 22.7 Å². The van der Waals surface area contributed by atoms with E-state index in [4.69, 9.17) is 10.5 Å². The highest BCUT2D eigenvalue weighted by molar-refractivity contribution is 6.00. The first-order chi connectivity index (χ1) is 15.7. The Kier molecular flexibility index (Phi) is 4.98. The van der Waals surface area contributed by atoms with Crippen LogP contribution in [0.4, 0.5) is 5.82 Å². The van der Waals surface area contributed by atoms with Crippen LogP contribution in [-0.4, -0.2) is 41.6 Å². The van der Waals surface area contributed by atoms with E-state index in [1.807, 2.05) is 54.9 Å². The molecule has 4 heterocycles. The average Bonchev–Trinajstić information content (AvgIpc) is 3.47. The van der Waals surface area contributed by atoms with Crippen molar-refractivity contribution in [2.45, 2.75) is 19.4 Å². The van der Waals surface area contributed by atoms with Crippen LogP contribution in [-0.2, 0) is 0 Å². The lowest BCUT2D eigenvalue weighted by Gasteiger charge is -2.15. The number of hydrogen-bond acceptors (Lipinski definition) is 7. The zero-order valence-electron chi connectivity index (χ0n) is 17.8. The number of para-hydroxylation sites is 1. The monoisotopic (exact) mass is 426 g/mol. The Morgan fingerprint density at radius 1 is 1.03 bits per heavy atom. The molecule has 4 aromatic heterocycles. The summed E-state index contributed by atoms with van der Waals surface area (Å²) in [4.78, 5) is 13.1. The lowest BCUT2D eigenvalue weighted by Crippen LogP contribution is -2.10. The third-order valence-corrected chi connectivity index (χ3v) is 5.49. The second-order valence-electron chi connectivity index (χ2n) is 7.34. The second kappa shape index (κ2) is 8.10. The van der Waals surface area contributed by atoms with Gasteiger partial charge in [-0.15, -0.1) is 5.10 Å². The second-order valence-corrected chi connectivity index (χ2v) is 7.34. The number of fused-ring (bicyclic) bond motifs is 1. The van der Waals surface area contributed by atoms with Crippen LogP contribution in [0.2, 0.25) is 0 Å². The van der Waals surface area contributed by atoms with Crippen molar-refractivity contribution < 1.29 is 4.74 Å². The minimum atomic E-state index is -0.0794. The van der Waals surface area contributed by atoms with Crippen LogP contribution in [0.3, 0.4) is 0 Å². The number of ether oxygens (including phenoxy) is 1. The van der Waals surface area contributed by atoms with Gasteiger partial charge in [0.2, 0.25) is 5.88 Å². The summed E-state index contributed by atoms with van der Waals surface area (Å²) in [5.41, 5.74) is 10.6. The van der Waals surface area contributed by atoms with E-state index in [1.54, 1.807) is 18.0 Å². The first-order valence-corrected chi connectivity index (χ1v) is 10.3. The average molecular weight is 426 g/mol. The number of hydrogen-bond donors (Lipinski definition) is 1. The van der Waals surface area contributed by atoms with E-state index < -0.39 is 0 Å². The Morgan fingerprint density at radius 2 is 1.88 bits per heavy atom. The number of methoxy groups -OCH3 is 1. The largest absolute Gasteiger partial charge is 0.481 e. The van der Waals surface area contributed by atoms with Crippen molar-refractivity contribution in [3.05, 3.63) is 73.1 Å². The van der Waals surface area contributed by atoms with Gasteiger partial charge in [0, 0.05) is 29.6 Å². The van der Waals surface area contributed by atoms with E-state index >= 15 is 0 Å². The zero-order valence-corrected chi connectivity index (χ0v) is 17.8. The minimum absolute atomic E-state index is 0.0794. The molecular formula is C23H22N8O. The third-order valence-electron chi connectivity index (χ3n) is 5.49.